The fourth-order valence-corrected chi connectivity index (χ4v) is 5.38. The molecule has 1 aliphatic heterocycles. The fraction of sp³-hybridized carbons (Fsp3) is 0.296. The monoisotopic (exact) mass is 598 g/mol. The summed E-state index contributed by atoms with van der Waals surface area (Å²) < 4.78 is 39.7. The number of nitrogens with one attached hydrogen (secondary N) is 3. The van der Waals surface area contributed by atoms with Crippen molar-refractivity contribution in [2.75, 3.05) is 43.6 Å². The van der Waals surface area contributed by atoms with Gasteiger partial charge in [0.25, 0.3) is 11.8 Å². The number of urea groups is 1. The Labute approximate surface area is 243 Å². The molecule has 12 nitrogen and oxygen atoms in total. The van der Waals surface area contributed by atoms with Gasteiger partial charge in [0.05, 0.1) is 18.4 Å². The van der Waals surface area contributed by atoms with E-state index in [9.17, 15) is 18.4 Å². The van der Waals surface area contributed by atoms with Crippen LogP contribution in [0.25, 0.3) is 22.2 Å². The predicted octanol–water partition coefficient (Wildman–Crippen LogP) is 4.59. The summed E-state index contributed by atoms with van der Waals surface area (Å²) in [4.78, 5) is 35.9. The minimum Gasteiger partial charge on any atom is -0.497 e. The molecule has 1 saturated heterocycles. The van der Waals surface area contributed by atoms with Gasteiger partial charge in [-0.05, 0) is 57.1 Å². The van der Waals surface area contributed by atoms with Crippen LogP contribution in [0, 0.1) is 11.6 Å². The number of hydrogen-bond donors (Lipinski definition) is 4. The van der Waals surface area contributed by atoms with Crippen molar-refractivity contribution < 1.29 is 27.6 Å². The Hall–Kier alpha value is -4.63. The first-order valence-corrected chi connectivity index (χ1v) is 13.8. The number of ether oxygens (including phenoxy) is 1. The predicted molar refractivity (Wildman–Crippen MR) is 153 cm³/mol. The van der Waals surface area contributed by atoms with Crippen molar-refractivity contribution in [2.24, 2.45) is 0 Å². The summed E-state index contributed by atoms with van der Waals surface area (Å²) in [6, 6.07) is 7.95. The molecule has 5 N–H and O–H groups in total. The van der Waals surface area contributed by atoms with Crippen LogP contribution in [-0.2, 0) is 0 Å². The van der Waals surface area contributed by atoms with Crippen molar-refractivity contribution in [3.05, 3.63) is 53.6 Å². The molecule has 0 radical (unpaired) electrons. The molecule has 2 aromatic carbocycles. The second kappa shape index (κ2) is 12.5. The van der Waals surface area contributed by atoms with Crippen LogP contribution in [0.1, 0.15) is 29.6 Å². The molecule has 1 fully saturated rings. The van der Waals surface area contributed by atoms with Crippen molar-refractivity contribution in [1.29, 1.82) is 0 Å². The summed E-state index contributed by atoms with van der Waals surface area (Å²) in [5, 5.41) is 11.9. The van der Waals surface area contributed by atoms with Gasteiger partial charge in [-0.3, -0.25) is 10.1 Å². The molecule has 0 bridgehead atoms. The third kappa shape index (κ3) is 6.47. The van der Waals surface area contributed by atoms with Gasteiger partial charge < -0.3 is 30.5 Å². The average Bonchev–Trinajstić information content (AvgIpc) is 3.70. The van der Waals surface area contributed by atoms with E-state index in [4.69, 9.17) is 15.0 Å². The molecule has 3 amide bonds. The zero-order chi connectivity index (χ0) is 29.8. The van der Waals surface area contributed by atoms with Gasteiger partial charge in [-0.2, -0.15) is 4.98 Å². The summed E-state index contributed by atoms with van der Waals surface area (Å²) in [7, 11) is 3.53. The third-order valence-electron chi connectivity index (χ3n) is 6.81. The van der Waals surface area contributed by atoms with Crippen LogP contribution >= 0.6 is 11.3 Å². The molecule has 0 spiro atoms. The molecule has 1 unspecified atom stereocenters. The van der Waals surface area contributed by atoms with Gasteiger partial charge >= 0.3 is 6.03 Å². The van der Waals surface area contributed by atoms with Gasteiger partial charge in [-0.25, -0.2) is 18.6 Å². The van der Waals surface area contributed by atoms with Crippen LogP contribution in [0.15, 0.2) is 40.9 Å². The van der Waals surface area contributed by atoms with E-state index < -0.39 is 23.6 Å². The van der Waals surface area contributed by atoms with Crippen LogP contribution in [0.5, 0.6) is 5.75 Å². The lowest BCUT2D eigenvalue weighted by molar-refractivity contribution is 0.102. The number of aromatic nitrogens is 3. The standard InChI is InChI=1S/C27H28F2N8O4S/c1-37-10-4-6-15(37)8-9-31-26(39)35-27-33-22(30)21(42-27)25-34-23(36-41-25)17-12-20(19(29)13-18(17)28)32-24(38)14-5-3-7-16(11-14)40-2/h3,5,7,11-13,15H,4,6,8-10,30H2,1-2H3,(H,32,38)(H2,31,33,35,39). The van der Waals surface area contributed by atoms with Crippen molar-refractivity contribution in [3.63, 3.8) is 0 Å². The second-order valence-electron chi connectivity index (χ2n) is 9.60. The largest absolute Gasteiger partial charge is 0.497 e. The Bertz CT molecular complexity index is 1610. The first-order valence-electron chi connectivity index (χ1n) is 13.0. The summed E-state index contributed by atoms with van der Waals surface area (Å²) >= 11 is 0.994. The highest BCUT2D eigenvalue weighted by atomic mass is 32.1. The van der Waals surface area contributed by atoms with Gasteiger partial charge in [-0.15, -0.1) is 0 Å². The number of likely N-dealkylation sites (tertiary alicyclic amines) is 1. The van der Waals surface area contributed by atoms with E-state index in [1.54, 1.807) is 12.1 Å². The number of amides is 3. The van der Waals surface area contributed by atoms with Crippen LogP contribution in [0.3, 0.4) is 0 Å². The Balaban J connectivity index is 1.27. The van der Waals surface area contributed by atoms with Crippen molar-refractivity contribution in [1.82, 2.24) is 25.3 Å². The number of nitrogens with zero attached hydrogens (tertiary/aromatic N) is 4. The SMILES string of the molecule is COc1cccc(C(=O)Nc2cc(-c3noc(-c4sc(NC(=O)NCCC5CCCN5C)nc4N)n3)c(F)cc2F)c1. The summed E-state index contributed by atoms with van der Waals surface area (Å²) in [6.45, 7) is 1.57. The van der Waals surface area contributed by atoms with Crippen LogP contribution < -0.4 is 26.4 Å². The zero-order valence-corrected chi connectivity index (χ0v) is 23.6. The number of halogens is 2. The van der Waals surface area contributed by atoms with Gasteiger partial charge in [0.2, 0.25) is 5.82 Å². The second-order valence-corrected chi connectivity index (χ2v) is 10.6. The summed E-state index contributed by atoms with van der Waals surface area (Å²) in [5.74, 6) is -2.43. The first kappa shape index (κ1) is 28.9. The zero-order valence-electron chi connectivity index (χ0n) is 22.7. The van der Waals surface area contributed by atoms with Crippen LogP contribution in [0.4, 0.5) is 30.2 Å². The molecule has 220 valence electrons. The Morgan fingerprint density at radius 1 is 1.19 bits per heavy atom. The molecular weight excluding hydrogens is 570 g/mol. The van der Waals surface area contributed by atoms with E-state index in [1.165, 1.54) is 19.2 Å². The van der Waals surface area contributed by atoms with E-state index in [0.717, 1.165) is 43.2 Å². The molecule has 0 saturated carbocycles. The molecule has 1 atom stereocenters. The topological polar surface area (TPSA) is 161 Å². The van der Waals surface area contributed by atoms with E-state index in [2.05, 4.69) is 43.0 Å². The Morgan fingerprint density at radius 3 is 2.79 bits per heavy atom. The van der Waals surface area contributed by atoms with Gasteiger partial charge in [0, 0.05) is 24.2 Å². The molecule has 15 heteroatoms. The summed E-state index contributed by atoms with van der Waals surface area (Å²) in [6.07, 6.45) is 3.10. The third-order valence-corrected chi connectivity index (χ3v) is 7.78. The van der Waals surface area contributed by atoms with Gasteiger partial charge in [-0.1, -0.05) is 22.6 Å². The lowest BCUT2D eigenvalue weighted by Crippen LogP contribution is -2.34. The number of thiazole rings is 1. The maximum absolute atomic E-state index is 14.8. The van der Waals surface area contributed by atoms with Crippen molar-refractivity contribution >= 4 is 39.9 Å². The average molecular weight is 599 g/mol. The highest BCUT2D eigenvalue weighted by Crippen LogP contribution is 2.36. The molecule has 5 rings (SSSR count). The van der Waals surface area contributed by atoms with E-state index in [1.807, 2.05) is 0 Å². The van der Waals surface area contributed by atoms with Gasteiger partial charge in [0.15, 0.2) is 5.13 Å². The van der Waals surface area contributed by atoms with E-state index in [-0.39, 0.29) is 44.4 Å². The normalized spacial score (nSPS) is 15.0. The number of nitrogens with two attached hydrogens (primary N) is 1. The number of benzene rings is 2. The first-order chi connectivity index (χ1) is 20.2. The van der Waals surface area contributed by atoms with Crippen LogP contribution in [-0.4, -0.2) is 65.3 Å². The Kier molecular flexibility index (Phi) is 8.59. The quantitative estimate of drug-likeness (QED) is 0.216. The minimum atomic E-state index is -0.993. The van der Waals surface area contributed by atoms with E-state index in [0.29, 0.717) is 24.4 Å². The number of rotatable bonds is 9. The smallest absolute Gasteiger partial charge is 0.321 e. The minimum absolute atomic E-state index is 0.0175. The molecule has 2 aromatic heterocycles. The lowest BCUT2D eigenvalue weighted by atomic mass is 10.1. The van der Waals surface area contributed by atoms with Crippen molar-refractivity contribution in [3.8, 4) is 27.9 Å². The molecule has 42 heavy (non-hydrogen) atoms. The molecule has 1 aliphatic rings. The number of anilines is 3. The lowest BCUT2D eigenvalue weighted by Gasteiger charge is -2.19. The molecular formula is C27H28F2N8O4S. The number of carbonyl (C=O) groups is 2. The number of hydrogen-bond acceptors (Lipinski definition) is 10. The molecule has 0 aliphatic carbocycles. The van der Waals surface area contributed by atoms with Gasteiger partial charge in [0.1, 0.15) is 28.1 Å². The highest BCUT2D eigenvalue weighted by Gasteiger charge is 2.23. The van der Waals surface area contributed by atoms with E-state index >= 15 is 0 Å². The molecule has 3 heterocycles. The number of nitrogen functional groups attached to an aromatic ring is 1. The van der Waals surface area contributed by atoms with Crippen molar-refractivity contribution in [2.45, 2.75) is 25.3 Å². The van der Waals surface area contributed by atoms with Crippen LogP contribution in [0.2, 0.25) is 0 Å². The Morgan fingerprint density at radius 2 is 2.02 bits per heavy atom. The number of carbonyl (C=O) groups excluding carboxylic acids is 2. The number of methoxy groups -OCH3 is 1. The fourth-order valence-electron chi connectivity index (χ4n) is 4.58. The molecule has 4 aromatic rings. The summed E-state index contributed by atoms with van der Waals surface area (Å²) in [5.41, 5.74) is 5.71. The maximum Gasteiger partial charge on any atom is 0.321 e. The highest BCUT2D eigenvalue weighted by molar-refractivity contribution is 7.19. The maximum atomic E-state index is 14.8.